The van der Waals surface area contributed by atoms with Crippen molar-refractivity contribution in [1.29, 1.82) is 0 Å². The van der Waals surface area contributed by atoms with Crippen molar-refractivity contribution in [1.82, 2.24) is 24.7 Å². The summed E-state index contributed by atoms with van der Waals surface area (Å²) in [4.78, 5) is 23.9. The molecule has 3 aromatic rings. The van der Waals surface area contributed by atoms with E-state index < -0.39 is 12.0 Å². The number of rotatable bonds is 4. The lowest BCUT2D eigenvalue weighted by molar-refractivity contribution is -0.138. The van der Waals surface area contributed by atoms with E-state index in [0.29, 0.717) is 22.5 Å². The number of aliphatic carboxylic acids is 1. The fraction of sp³-hybridized carbons (Fsp3) is 0.154. The van der Waals surface area contributed by atoms with E-state index in [4.69, 9.17) is 0 Å². The molecule has 0 bridgehead atoms. The van der Waals surface area contributed by atoms with Crippen molar-refractivity contribution < 1.29 is 9.90 Å². The summed E-state index contributed by atoms with van der Waals surface area (Å²) in [6.07, 6.45) is 6.26. The molecule has 0 amide bonds. The van der Waals surface area contributed by atoms with Crippen molar-refractivity contribution in [3.63, 3.8) is 0 Å². The quantitative estimate of drug-likeness (QED) is 0.736. The van der Waals surface area contributed by atoms with Crippen molar-refractivity contribution in [2.75, 3.05) is 5.32 Å². The fourth-order valence-electron chi connectivity index (χ4n) is 1.96. The molecular formula is C13H12N6O2. The molecule has 0 aromatic carbocycles. The van der Waals surface area contributed by atoms with E-state index in [1.165, 1.54) is 12.4 Å². The third-order valence-electron chi connectivity index (χ3n) is 2.93. The molecule has 0 saturated carbocycles. The van der Waals surface area contributed by atoms with Crippen LogP contribution < -0.4 is 5.32 Å². The molecule has 0 aliphatic heterocycles. The maximum Gasteiger partial charge on any atom is 0.330 e. The van der Waals surface area contributed by atoms with Crippen LogP contribution in [0.1, 0.15) is 11.6 Å². The Morgan fingerprint density at radius 3 is 2.86 bits per heavy atom. The second kappa shape index (κ2) is 5.16. The molecule has 2 N–H and O–H groups in total. The Balaban J connectivity index is 1.92. The molecule has 3 rings (SSSR count). The van der Waals surface area contributed by atoms with Gasteiger partial charge in [-0.25, -0.2) is 14.8 Å². The number of carbonyl (C=O) groups is 1. The molecule has 3 heterocycles. The van der Waals surface area contributed by atoms with Gasteiger partial charge in [-0.1, -0.05) is 0 Å². The summed E-state index contributed by atoms with van der Waals surface area (Å²) in [7, 11) is 1.73. The number of carboxylic acids is 1. The molecular weight excluding hydrogens is 272 g/mol. The Morgan fingerprint density at radius 1 is 1.33 bits per heavy atom. The number of hydrogen-bond donors (Lipinski definition) is 2. The number of nitrogens with zero attached hydrogens (tertiary/aromatic N) is 5. The average Bonchev–Trinajstić information content (AvgIpc) is 2.90. The Morgan fingerprint density at radius 2 is 2.14 bits per heavy atom. The van der Waals surface area contributed by atoms with E-state index >= 15 is 0 Å². The summed E-state index contributed by atoms with van der Waals surface area (Å²) in [5, 5.41) is 16.2. The molecule has 0 radical (unpaired) electrons. The van der Waals surface area contributed by atoms with E-state index in [0.717, 1.165) is 0 Å². The first-order valence-electron chi connectivity index (χ1n) is 6.19. The Labute approximate surface area is 119 Å². The van der Waals surface area contributed by atoms with Crippen LogP contribution >= 0.6 is 0 Å². The van der Waals surface area contributed by atoms with Crippen LogP contribution in [0, 0.1) is 0 Å². The van der Waals surface area contributed by atoms with Crippen molar-refractivity contribution in [2.45, 2.75) is 6.04 Å². The van der Waals surface area contributed by atoms with Gasteiger partial charge >= 0.3 is 5.97 Å². The lowest BCUT2D eigenvalue weighted by Gasteiger charge is -2.13. The molecule has 0 spiro atoms. The number of aryl methyl sites for hydroxylation is 1. The predicted octanol–water partition coefficient (Wildman–Crippen LogP) is 0.996. The molecule has 106 valence electrons. The minimum Gasteiger partial charge on any atom is -0.479 e. The fourth-order valence-corrected chi connectivity index (χ4v) is 1.96. The second-order valence-corrected chi connectivity index (χ2v) is 4.46. The summed E-state index contributed by atoms with van der Waals surface area (Å²) in [5.41, 5.74) is 1.65. The smallest absolute Gasteiger partial charge is 0.330 e. The number of fused-ring (bicyclic) bond motifs is 1. The number of pyridine rings is 1. The van der Waals surface area contributed by atoms with Gasteiger partial charge in [0, 0.05) is 31.2 Å². The first-order chi connectivity index (χ1) is 10.1. The van der Waals surface area contributed by atoms with Gasteiger partial charge in [0.15, 0.2) is 11.7 Å². The summed E-state index contributed by atoms with van der Waals surface area (Å²) in [6, 6.07) is 2.48. The third kappa shape index (κ3) is 2.64. The van der Waals surface area contributed by atoms with E-state index in [-0.39, 0.29) is 0 Å². The lowest BCUT2D eigenvalue weighted by Crippen LogP contribution is -2.20. The molecule has 3 aromatic heterocycles. The van der Waals surface area contributed by atoms with E-state index in [1.807, 2.05) is 0 Å². The third-order valence-corrected chi connectivity index (χ3v) is 2.93. The summed E-state index contributed by atoms with van der Waals surface area (Å²) < 4.78 is 1.55. The summed E-state index contributed by atoms with van der Waals surface area (Å²) >= 11 is 0. The van der Waals surface area contributed by atoms with Crippen molar-refractivity contribution in [2.24, 2.45) is 7.05 Å². The van der Waals surface area contributed by atoms with Gasteiger partial charge in [0.25, 0.3) is 0 Å². The predicted molar refractivity (Wildman–Crippen MR) is 74.5 cm³/mol. The molecule has 8 heteroatoms. The van der Waals surface area contributed by atoms with Crippen LogP contribution in [0.2, 0.25) is 0 Å². The molecule has 8 nitrogen and oxygen atoms in total. The van der Waals surface area contributed by atoms with Gasteiger partial charge < -0.3 is 10.4 Å². The zero-order chi connectivity index (χ0) is 14.8. The first-order valence-corrected chi connectivity index (χ1v) is 6.19. The highest BCUT2D eigenvalue weighted by atomic mass is 16.4. The maximum absolute atomic E-state index is 11.4. The number of aromatic nitrogens is 5. The maximum atomic E-state index is 11.4. The summed E-state index contributed by atoms with van der Waals surface area (Å²) in [6.45, 7) is 0. The van der Waals surface area contributed by atoms with Crippen LogP contribution in [0.4, 0.5) is 5.82 Å². The number of nitrogens with one attached hydrogen (secondary N) is 1. The summed E-state index contributed by atoms with van der Waals surface area (Å²) in [5.74, 6) is -0.594. The van der Waals surface area contributed by atoms with Gasteiger partial charge in [-0.2, -0.15) is 5.10 Å². The van der Waals surface area contributed by atoms with Crippen molar-refractivity contribution in [3.8, 4) is 0 Å². The van der Waals surface area contributed by atoms with Gasteiger partial charge in [-0.15, -0.1) is 0 Å². The SMILES string of the molecule is Cn1cc(C(Nc2ccc3nccnc3n2)C(=O)O)cn1. The van der Waals surface area contributed by atoms with Gasteiger partial charge in [0.2, 0.25) is 0 Å². The van der Waals surface area contributed by atoms with Crippen molar-refractivity contribution >= 4 is 23.0 Å². The molecule has 21 heavy (non-hydrogen) atoms. The molecule has 0 aliphatic rings. The van der Waals surface area contributed by atoms with Crippen LogP contribution in [0.3, 0.4) is 0 Å². The minimum absolute atomic E-state index is 0.416. The van der Waals surface area contributed by atoms with Crippen LogP contribution in [-0.4, -0.2) is 35.8 Å². The van der Waals surface area contributed by atoms with Gasteiger partial charge in [0.05, 0.1) is 6.20 Å². The standard InChI is InChI=1S/C13H12N6O2/c1-19-7-8(6-16-19)11(13(20)21)17-10-3-2-9-12(18-10)15-5-4-14-9/h2-7,11H,1H3,(H,20,21)(H,15,17,18). The number of hydrogen-bond acceptors (Lipinski definition) is 6. The van der Waals surface area contributed by atoms with E-state index in [2.05, 4.69) is 25.4 Å². The zero-order valence-electron chi connectivity index (χ0n) is 11.1. The number of carboxylic acid groups (broad SMARTS) is 1. The van der Waals surface area contributed by atoms with Crippen LogP contribution in [0.5, 0.6) is 0 Å². The molecule has 0 saturated heterocycles. The highest BCUT2D eigenvalue weighted by molar-refractivity contribution is 5.79. The van der Waals surface area contributed by atoms with Crippen LogP contribution in [0.15, 0.2) is 36.9 Å². The minimum atomic E-state index is -1.01. The Hall–Kier alpha value is -3.03. The normalized spacial score (nSPS) is 12.2. The molecule has 1 unspecified atom stereocenters. The van der Waals surface area contributed by atoms with E-state index in [1.54, 1.807) is 36.3 Å². The largest absolute Gasteiger partial charge is 0.479 e. The molecule has 0 aliphatic carbocycles. The van der Waals surface area contributed by atoms with Gasteiger partial charge in [0.1, 0.15) is 11.3 Å². The lowest BCUT2D eigenvalue weighted by atomic mass is 10.1. The van der Waals surface area contributed by atoms with Gasteiger partial charge in [-0.3, -0.25) is 9.67 Å². The monoisotopic (exact) mass is 284 g/mol. The Kier molecular flexibility index (Phi) is 3.19. The Bertz CT molecular complexity index is 800. The van der Waals surface area contributed by atoms with Crippen molar-refractivity contribution in [3.05, 3.63) is 42.5 Å². The first kappa shape index (κ1) is 13.0. The highest BCUT2D eigenvalue weighted by Crippen LogP contribution is 2.19. The zero-order valence-corrected chi connectivity index (χ0v) is 11.1. The molecule has 0 fully saturated rings. The second-order valence-electron chi connectivity index (χ2n) is 4.46. The highest BCUT2D eigenvalue weighted by Gasteiger charge is 2.21. The van der Waals surface area contributed by atoms with Crippen LogP contribution in [-0.2, 0) is 11.8 Å². The average molecular weight is 284 g/mol. The molecule has 1 atom stereocenters. The number of anilines is 1. The van der Waals surface area contributed by atoms with Gasteiger partial charge in [-0.05, 0) is 12.1 Å². The topological polar surface area (TPSA) is 106 Å². The van der Waals surface area contributed by atoms with Crippen LogP contribution in [0.25, 0.3) is 11.2 Å². The van der Waals surface area contributed by atoms with E-state index in [9.17, 15) is 9.90 Å².